The third kappa shape index (κ3) is 3.81. The number of aromatic nitrogens is 3. The van der Waals surface area contributed by atoms with Gasteiger partial charge in [0, 0.05) is 19.5 Å². The number of carbonyl (C=O) groups excluding carboxylic acids is 1. The topological polar surface area (TPSA) is 71.8 Å². The fourth-order valence-corrected chi connectivity index (χ4v) is 3.42. The van der Waals surface area contributed by atoms with E-state index in [1.165, 1.54) is 6.07 Å². The second-order valence-electron chi connectivity index (χ2n) is 6.50. The Bertz CT molecular complexity index is 745. The van der Waals surface area contributed by atoms with E-state index in [1.54, 1.807) is 12.4 Å². The number of rotatable bonds is 5. The number of hydrogen-bond donors (Lipinski definition) is 2. The maximum Gasteiger partial charge on any atom is 0.315 e. The van der Waals surface area contributed by atoms with Crippen molar-refractivity contribution in [2.75, 3.05) is 6.54 Å². The molecule has 1 aromatic carbocycles. The maximum absolute atomic E-state index is 14.0. The Morgan fingerprint density at radius 3 is 3.08 bits per heavy atom. The Hall–Kier alpha value is -2.44. The first-order valence-corrected chi connectivity index (χ1v) is 8.78. The van der Waals surface area contributed by atoms with Gasteiger partial charge in [-0.25, -0.2) is 9.18 Å². The van der Waals surface area contributed by atoms with Crippen LogP contribution < -0.4 is 10.6 Å². The number of aryl methyl sites for hydroxylation is 1. The van der Waals surface area contributed by atoms with Crippen LogP contribution in [0.15, 0.2) is 24.5 Å². The van der Waals surface area contributed by atoms with Gasteiger partial charge in [-0.3, -0.25) is 0 Å². The summed E-state index contributed by atoms with van der Waals surface area (Å²) in [6.45, 7) is 5.20. The van der Waals surface area contributed by atoms with E-state index in [4.69, 9.17) is 0 Å². The van der Waals surface area contributed by atoms with Crippen molar-refractivity contribution >= 4 is 6.03 Å². The van der Waals surface area contributed by atoms with Gasteiger partial charge in [0.05, 0.1) is 6.04 Å². The Balaban J connectivity index is 1.59. The number of hydrogen-bond acceptors (Lipinski definition) is 3. The summed E-state index contributed by atoms with van der Waals surface area (Å²) in [5, 5.41) is 13.8. The lowest BCUT2D eigenvalue weighted by atomic mass is 9.80. The fraction of sp³-hybridized carbons (Fsp3) is 0.500. The van der Waals surface area contributed by atoms with Crippen LogP contribution in [0.2, 0.25) is 0 Å². The molecule has 2 N–H and O–H groups in total. The number of benzene rings is 1. The Morgan fingerprint density at radius 1 is 1.44 bits per heavy atom. The number of amides is 2. The minimum Gasteiger partial charge on any atom is -0.336 e. The van der Waals surface area contributed by atoms with Gasteiger partial charge in [0.1, 0.15) is 18.0 Å². The second-order valence-corrected chi connectivity index (χ2v) is 6.50. The number of nitrogens with one attached hydrogen (secondary N) is 2. The number of nitrogens with zero attached hydrogens (tertiary/aromatic N) is 3. The van der Waals surface area contributed by atoms with Crippen molar-refractivity contribution in [2.24, 2.45) is 5.92 Å². The summed E-state index contributed by atoms with van der Waals surface area (Å²) in [6, 6.07) is 4.69. The molecule has 1 aliphatic carbocycles. The van der Waals surface area contributed by atoms with Crippen molar-refractivity contribution < 1.29 is 9.18 Å². The normalized spacial score (nSPS) is 19.3. The molecule has 25 heavy (non-hydrogen) atoms. The third-order valence-electron chi connectivity index (χ3n) is 4.85. The minimum absolute atomic E-state index is 0.166. The molecule has 0 bridgehead atoms. The highest BCUT2D eigenvalue weighted by Crippen LogP contribution is 2.35. The van der Waals surface area contributed by atoms with Gasteiger partial charge < -0.3 is 15.2 Å². The molecular formula is C18H24FN5O. The van der Waals surface area contributed by atoms with E-state index < -0.39 is 0 Å². The van der Waals surface area contributed by atoms with E-state index in [0.717, 1.165) is 36.2 Å². The van der Waals surface area contributed by atoms with Crippen molar-refractivity contribution in [3.05, 3.63) is 47.3 Å². The van der Waals surface area contributed by atoms with Gasteiger partial charge >= 0.3 is 6.03 Å². The molecule has 0 fully saturated rings. The molecule has 1 heterocycles. The second kappa shape index (κ2) is 7.63. The molecule has 0 saturated carbocycles. The first-order valence-electron chi connectivity index (χ1n) is 8.78. The summed E-state index contributed by atoms with van der Waals surface area (Å²) in [6.07, 6.45) is 4.05. The van der Waals surface area contributed by atoms with Crippen molar-refractivity contribution in [2.45, 2.75) is 45.7 Å². The van der Waals surface area contributed by atoms with E-state index >= 15 is 0 Å². The number of urea groups is 1. The van der Waals surface area contributed by atoms with Crippen molar-refractivity contribution in [1.82, 2.24) is 25.4 Å². The first-order chi connectivity index (χ1) is 12.1. The van der Waals surface area contributed by atoms with Crippen LogP contribution in [0.4, 0.5) is 9.18 Å². The summed E-state index contributed by atoms with van der Waals surface area (Å²) < 4.78 is 15.9. The lowest BCUT2D eigenvalue weighted by Crippen LogP contribution is -2.42. The highest BCUT2D eigenvalue weighted by atomic mass is 19.1. The molecule has 134 valence electrons. The number of halogens is 1. The zero-order valence-electron chi connectivity index (χ0n) is 14.6. The standard InChI is InChI=1S/C18H24FN5O/c1-3-16-23-21-11-24(16)10-9-20-18(25)22-17-12(2)7-8-13-14(17)5-4-6-15(13)19/h4-6,11-12,17H,3,7-10H2,1-2H3,(H2,20,22,25)/t12-,17-/m0/s1. The zero-order valence-corrected chi connectivity index (χ0v) is 14.6. The van der Waals surface area contributed by atoms with Crippen molar-refractivity contribution in [3.8, 4) is 0 Å². The van der Waals surface area contributed by atoms with E-state index in [9.17, 15) is 9.18 Å². The van der Waals surface area contributed by atoms with Crippen LogP contribution >= 0.6 is 0 Å². The summed E-state index contributed by atoms with van der Waals surface area (Å²) >= 11 is 0. The quantitative estimate of drug-likeness (QED) is 0.875. The summed E-state index contributed by atoms with van der Waals surface area (Å²) in [4.78, 5) is 12.3. The monoisotopic (exact) mass is 345 g/mol. The zero-order chi connectivity index (χ0) is 17.8. The molecule has 0 spiro atoms. The van der Waals surface area contributed by atoms with Gasteiger partial charge in [0.2, 0.25) is 0 Å². The molecule has 2 amide bonds. The molecule has 0 unspecified atom stereocenters. The molecule has 6 nitrogen and oxygen atoms in total. The van der Waals surface area contributed by atoms with Crippen LogP contribution in [0.3, 0.4) is 0 Å². The highest BCUT2D eigenvalue weighted by Gasteiger charge is 2.29. The van der Waals surface area contributed by atoms with E-state index in [2.05, 4.69) is 27.8 Å². The summed E-state index contributed by atoms with van der Waals surface area (Å²) in [7, 11) is 0. The maximum atomic E-state index is 14.0. The van der Waals surface area contributed by atoms with Crippen LogP contribution in [0.5, 0.6) is 0 Å². The Morgan fingerprint density at radius 2 is 2.28 bits per heavy atom. The number of carbonyl (C=O) groups is 1. The lowest BCUT2D eigenvalue weighted by Gasteiger charge is -2.32. The summed E-state index contributed by atoms with van der Waals surface area (Å²) in [5.41, 5.74) is 1.61. The summed E-state index contributed by atoms with van der Waals surface area (Å²) in [5.74, 6) is 0.980. The van der Waals surface area contributed by atoms with Crippen LogP contribution in [-0.4, -0.2) is 27.3 Å². The average molecular weight is 345 g/mol. The van der Waals surface area contributed by atoms with Gasteiger partial charge in [0.25, 0.3) is 0 Å². The van der Waals surface area contributed by atoms with E-state index in [0.29, 0.717) is 13.1 Å². The van der Waals surface area contributed by atoms with Crippen LogP contribution in [-0.2, 0) is 19.4 Å². The molecular weight excluding hydrogens is 321 g/mol. The highest BCUT2D eigenvalue weighted by molar-refractivity contribution is 5.74. The minimum atomic E-state index is -0.236. The van der Waals surface area contributed by atoms with E-state index in [1.807, 2.05) is 17.6 Å². The molecule has 1 aliphatic rings. The third-order valence-corrected chi connectivity index (χ3v) is 4.85. The smallest absolute Gasteiger partial charge is 0.315 e. The molecule has 0 saturated heterocycles. The first kappa shape index (κ1) is 17.4. The predicted octanol–water partition coefficient (Wildman–Crippen LogP) is 2.60. The van der Waals surface area contributed by atoms with Crippen LogP contribution in [0.25, 0.3) is 0 Å². The Kier molecular flexibility index (Phi) is 5.31. The molecule has 3 rings (SSSR count). The molecule has 7 heteroatoms. The van der Waals surface area contributed by atoms with Crippen molar-refractivity contribution in [3.63, 3.8) is 0 Å². The van der Waals surface area contributed by atoms with Gasteiger partial charge in [-0.05, 0) is 36.0 Å². The Labute approximate surface area is 146 Å². The molecule has 2 aromatic rings. The lowest BCUT2D eigenvalue weighted by molar-refractivity contribution is 0.229. The van der Waals surface area contributed by atoms with Gasteiger partial charge in [-0.1, -0.05) is 26.0 Å². The van der Waals surface area contributed by atoms with Gasteiger partial charge in [-0.15, -0.1) is 10.2 Å². The van der Waals surface area contributed by atoms with E-state index in [-0.39, 0.29) is 23.8 Å². The molecule has 1 aromatic heterocycles. The van der Waals surface area contributed by atoms with Gasteiger partial charge in [0.15, 0.2) is 0 Å². The average Bonchev–Trinajstić information content (AvgIpc) is 3.05. The van der Waals surface area contributed by atoms with Crippen molar-refractivity contribution in [1.29, 1.82) is 0 Å². The molecule has 0 radical (unpaired) electrons. The molecule has 2 atom stereocenters. The molecule has 0 aliphatic heterocycles. The number of fused-ring (bicyclic) bond motifs is 1. The SMILES string of the molecule is CCc1nncn1CCNC(=O)N[C@@H]1c2cccc(F)c2CC[C@@H]1C. The van der Waals surface area contributed by atoms with Crippen LogP contribution in [0.1, 0.15) is 43.3 Å². The fourth-order valence-electron chi connectivity index (χ4n) is 3.42. The van der Waals surface area contributed by atoms with Crippen LogP contribution in [0, 0.1) is 11.7 Å². The predicted molar refractivity (Wildman–Crippen MR) is 92.6 cm³/mol. The largest absolute Gasteiger partial charge is 0.336 e. The van der Waals surface area contributed by atoms with Gasteiger partial charge in [-0.2, -0.15) is 0 Å².